The summed E-state index contributed by atoms with van der Waals surface area (Å²) in [5.74, 6) is -1.79. The van der Waals surface area contributed by atoms with Crippen LogP contribution in [0.3, 0.4) is 0 Å². The van der Waals surface area contributed by atoms with E-state index in [0.717, 1.165) is 5.56 Å². The van der Waals surface area contributed by atoms with Crippen LogP contribution in [0.15, 0.2) is 76.8 Å². The molecule has 168 valence electrons. The van der Waals surface area contributed by atoms with Crippen molar-refractivity contribution in [1.82, 2.24) is 4.90 Å². The maximum atomic E-state index is 13.2. The Morgan fingerprint density at radius 2 is 1.76 bits per heavy atom. The Kier molecular flexibility index (Phi) is 6.44. The van der Waals surface area contributed by atoms with E-state index < -0.39 is 17.7 Å². The minimum atomic E-state index is -0.910. The molecule has 0 spiro atoms. The number of carbonyl (C=O) groups excluding carboxylic acids is 2. The molecule has 0 radical (unpaired) electrons. The lowest BCUT2D eigenvalue weighted by molar-refractivity contribution is -0.140. The smallest absolute Gasteiger partial charge is 0.295 e. The summed E-state index contributed by atoms with van der Waals surface area (Å²) in [6.45, 7) is 0.147. The number of aromatic hydroxyl groups is 1. The van der Waals surface area contributed by atoms with Crippen molar-refractivity contribution in [3.05, 3.63) is 98.5 Å². The van der Waals surface area contributed by atoms with Crippen molar-refractivity contribution < 1.29 is 24.5 Å². The number of phenolic OH excluding ortho intramolecular Hbond substituents is 1. The van der Waals surface area contributed by atoms with Crippen LogP contribution in [0.1, 0.15) is 22.7 Å². The van der Waals surface area contributed by atoms with Gasteiger partial charge in [0, 0.05) is 17.1 Å². The van der Waals surface area contributed by atoms with E-state index in [1.54, 1.807) is 36.4 Å². The summed E-state index contributed by atoms with van der Waals surface area (Å²) in [5, 5.41) is 21.8. The minimum absolute atomic E-state index is 0.0575. The molecule has 6 nitrogen and oxygen atoms in total. The number of halogens is 2. The molecule has 0 aliphatic carbocycles. The summed E-state index contributed by atoms with van der Waals surface area (Å²) in [6.07, 6.45) is 0. The van der Waals surface area contributed by atoms with Crippen LogP contribution in [0.5, 0.6) is 11.5 Å². The summed E-state index contributed by atoms with van der Waals surface area (Å²) in [5.41, 5.74) is 1.60. The van der Waals surface area contributed by atoms with Crippen LogP contribution in [-0.4, -0.2) is 33.9 Å². The van der Waals surface area contributed by atoms with Crippen LogP contribution < -0.4 is 4.74 Å². The third-order valence-corrected chi connectivity index (χ3v) is 6.30. The molecule has 1 heterocycles. The van der Waals surface area contributed by atoms with Crippen LogP contribution in [-0.2, 0) is 16.1 Å². The molecule has 1 aliphatic rings. The molecule has 0 aromatic heterocycles. The van der Waals surface area contributed by atoms with Gasteiger partial charge in [-0.25, -0.2) is 0 Å². The number of nitrogens with zero attached hydrogens (tertiary/aromatic N) is 1. The van der Waals surface area contributed by atoms with Gasteiger partial charge in [-0.1, -0.05) is 41.9 Å². The molecule has 3 aromatic rings. The molecule has 33 heavy (non-hydrogen) atoms. The molecule has 1 atom stereocenters. The number of methoxy groups -OCH3 is 1. The number of aliphatic hydroxyl groups excluding tert-OH is 1. The average molecular weight is 529 g/mol. The highest BCUT2D eigenvalue weighted by Crippen LogP contribution is 2.44. The van der Waals surface area contributed by atoms with E-state index in [2.05, 4.69) is 15.9 Å². The van der Waals surface area contributed by atoms with E-state index in [9.17, 15) is 19.8 Å². The van der Waals surface area contributed by atoms with E-state index in [1.165, 1.54) is 12.0 Å². The number of ketones is 1. The number of rotatable bonds is 5. The van der Waals surface area contributed by atoms with Gasteiger partial charge in [-0.15, -0.1) is 0 Å². The van der Waals surface area contributed by atoms with Crippen LogP contribution in [0, 0.1) is 0 Å². The number of hydrogen-bond acceptors (Lipinski definition) is 5. The Hall–Kier alpha value is -3.29. The van der Waals surface area contributed by atoms with Crippen molar-refractivity contribution in [2.45, 2.75) is 12.6 Å². The van der Waals surface area contributed by atoms with Gasteiger partial charge in [0.25, 0.3) is 11.7 Å². The molecule has 1 aliphatic heterocycles. The topological polar surface area (TPSA) is 87.1 Å². The molecule has 3 aromatic carbocycles. The highest BCUT2D eigenvalue weighted by atomic mass is 79.9. The fraction of sp³-hybridized carbons (Fsp3) is 0.120. The Morgan fingerprint density at radius 3 is 2.39 bits per heavy atom. The van der Waals surface area contributed by atoms with E-state index in [0.29, 0.717) is 20.6 Å². The largest absolute Gasteiger partial charge is 0.507 e. The van der Waals surface area contributed by atoms with Crippen molar-refractivity contribution in [3.63, 3.8) is 0 Å². The zero-order chi connectivity index (χ0) is 23.7. The van der Waals surface area contributed by atoms with Gasteiger partial charge in [0.15, 0.2) is 11.5 Å². The number of amides is 1. The quantitative estimate of drug-likeness (QED) is 0.262. The molecular weight excluding hydrogens is 510 g/mol. The summed E-state index contributed by atoms with van der Waals surface area (Å²) in [6, 6.07) is 17.8. The van der Waals surface area contributed by atoms with Crippen molar-refractivity contribution >= 4 is 45.0 Å². The molecule has 8 heteroatoms. The molecule has 1 fully saturated rings. The fourth-order valence-corrected chi connectivity index (χ4v) is 4.43. The monoisotopic (exact) mass is 527 g/mol. The van der Waals surface area contributed by atoms with Crippen LogP contribution in [0.25, 0.3) is 5.76 Å². The lowest BCUT2D eigenvalue weighted by atomic mass is 9.95. The first-order valence-electron chi connectivity index (χ1n) is 9.96. The minimum Gasteiger partial charge on any atom is -0.507 e. The van der Waals surface area contributed by atoms with Gasteiger partial charge >= 0.3 is 0 Å². The zero-order valence-corrected chi connectivity index (χ0v) is 19.8. The lowest BCUT2D eigenvalue weighted by Gasteiger charge is -2.26. The summed E-state index contributed by atoms with van der Waals surface area (Å²) < 4.78 is 5.59. The number of Topliss-reactive ketones (excluding diaryl/α,β-unsaturated/α-hetero) is 1. The summed E-state index contributed by atoms with van der Waals surface area (Å²) in [4.78, 5) is 27.7. The number of likely N-dealkylation sites (tertiary alicyclic amines) is 1. The Morgan fingerprint density at radius 1 is 1.09 bits per heavy atom. The second kappa shape index (κ2) is 9.29. The van der Waals surface area contributed by atoms with Gasteiger partial charge in [-0.05, 0) is 63.5 Å². The van der Waals surface area contributed by atoms with Gasteiger partial charge < -0.3 is 19.8 Å². The first kappa shape index (κ1) is 22.9. The maximum Gasteiger partial charge on any atom is 0.295 e. The first-order valence-corrected chi connectivity index (χ1v) is 11.1. The average Bonchev–Trinajstić information content (AvgIpc) is 3.06. The van der Waals surface area contributed by atoms with E-state index in [-0.39, 0.29) is 29.4 Å². The number of phenols is 1. The molecule has 1 amide bonds. The van der Waals surface area contributed by atoms with Gasteiger partial charge in [0.1, 0.15) is 5.76 Å². The molecule has 2 N–H and O–H groups in total. The summed E-state index contributed by atoms with van der Waals surface area (Å²) in [7, 11) is 1.40. The van der Waals surface area contributed by atoms with Crippen molar-refractivity contribution in [2.24, 2.45) is 0 Å². The molecular formula is C25H19BrClNO5. The van der Waals surface area contributed by atoms with Crippen molar-refractivity contribution in [3.8, 4) is 11.5 Å². The fourth-order valence-electron chi connectivity index (χ4n) is 3.84. The SMILES string of the molecule is COc1cc(C2/C(=C(\O)c3ccc(Cl)cc3)C(=O)C(=O)N2Cc2ccccc2)cc(Br)c1O. The standard InChI is InChI=1S/C25H19BrClNO5/c1-33-19-12-16(11-18(26)23(19)30)21-20(22(29)15-7-9-17(27)10-8-15)24(31)25(32)28(21)13-14-5-3-2-4-6-14/h2-12,21,29-30H,13H2,1H3/b22-20+. The van der Waals surface area contributed by atoms with Gasteiger partial charge in [0.2, 0.25) is 0 Å². The third-order valence-electron chi connectivity index (χ3n) is 5.44. The molecule has 0 bridgehead atoms. The van der Waals surface area contributed by atoms with Crippen LogP contribution in [0.2, 0.25) is 5.02 Å². The van der Waals surface area contributed by atoms with Crippen molar-refractivity contribution in [1.29, 1.82) is 0 Å². The van der Waals surface area contributed by atoms with Crippen LogP contribution in [0.4, 0.5) is 0 Å². The lowest BCUT2D eigenvalue weighted by Crippen LogP contribution is -2.29. The number of aliphatic hydroxyl groups is 1. The highest BCUT2D eigenvalue weighted by molar-refractivity contribution is 9.10. The summed E-state index contributed by atoms with van der Waals surface area (Å²) >= 11 is 9.26. The number of carbonyl (C=O) groups is 2. The molecule has 4 rings (SSSR count). The number of hydrogen-bond donors (Lipinski definition) is 2. The predicted octanol–water partition coefficient (Wildman–Crippen LogP) is 5.44. The first-order chi connectivity index (χ1) is 15.8. The molecule has 1 unspecified atom stereocenters. The predicted molar refractivity (Wildman–Crippen MR) is 128 cm³/mol. The number of benzene rings is 3. The van der Waals surface area contributed by atoms with E-state index in [1.807, 2.05) is 30.3 Å². The zero-order valence-electron chi connectivity index (χ0n) is 17.5. The van der Waals surface area contributed by atoms with E-state index >= 15 is 0 Å². The normalized spacial score (nSPS) is 17.4. The van der Waals surface area contributed by atoms with Crippen molar-refractivity contribution in [2.75, 3.05) is 7.11 Å². The van der Waals surface area contributed by atoms with E-state index in [4.69, 9.17) is 16.3 Å². The Bertz CT molecular complexity index is 1260. The van der Waals surface area contributed by atoms with Gasteiger partial charge in [-0.2, -0.15) is 0 Å². The van der Waals surface area contributed by atoms with Crippen LogP contribution >= 0.6 is 27.5 Å². The second-order valence-electron chi connectivity index (χ2n) is 7.47. The third kappa shape index (κ3) is 4.34. The molecule has 1 saturated heterocycles. The Labute approximate surface area is 203 Å². The van der Waals surface area contributed by atoms with Gasteiger partial charge in [0.05, 0.1) is 23.2 Å². The Balaban J connectivity index is 1.92. The maximum absolute atomic E-state index is 13.2. The highest BCUT2D eigenvalue weighted by Gasteiger charge is 2.46. The number of ether oxygens (including phenoxy) is 1. The molecule has 0 saturated carbocycles. The van der Waals surface area contributed by atoms with Gasteiger partial charge in [-0.3, -0.25) is 9.59 Å². The second-order valence-corrected chi connectivity index (χ2v) is 8.76.